The van der Waals surface area contributed by atoms with Gasteiger partial charge in [-0.1, -0.05) is 18.2 Å². The van der Waals surface area contributed by atoms with Crippen molar-refractivity contribution in [3.8, 4) is 0 Å². The molecule has 1 saturated heterocycles. The molecule has 1 aromatic carbocycles. The van der Waals surface area contributed by atoms with Crippen LogP contribution in [0.15, 0.2) is 30.3 Å². The van der Waals surface area contributed by atoms with Gasteiger partial charge in [0.05, 0.1) is 6.42 Å². The molecule has 1 heterocycles. The molecule has 2 rings (SSSR count). The van der Waals surface area contributed by atoms with E-state index in [1.807, 2.05) is 18.2 Å². The van der Waals surface area contributed by atoms with E-state index in [0.29, 0.717) is 0 Å². The fourth-order valence-electron chi connectivity index (χ4n) is 2.43. The van der Waals surface area contributed by atoms with Crippen molar-refractivity contribution in [3.05, 3.63) is 30.3 Å². The molecule has 0 bridgehead atoms. The lowest BCUT2D eigenvalue weighted by Gasteiger charge is -2.47. The standard InChI is InChI=1S/C14H20N2O2/c1-14(2)10-15-11(8-13(17)18)9-16(14)12-6-4-3-5-7-12/h3-7,11,15H,8-10H2,1-2H3,(H,17,18). The van der Waals surface area contributed by atoms with Gasteiger partial charge in [-0.2, -0.15) is 0 Å². The number of aliphatic carboxylic acids is 1. The van der Waals surface area contributed by atoms with Gasteiger partial charge in [0.15, 0.2) is 0 Å². The van der Waals surface area contributed by atoms with Gasteiger partial charge in [-0.3, -0.25) is 4.79 Å². The van der Waals surface area contributed by atoms with Crippen LogP contribution in [0.25, 0.3) is 0 Å². The summed E-state index contributed by atoms with van der Waals surface area (Å²) in [4.78, 5) is 13.1. The fourth-order valence-corrected chi connectivity index (χ4v) is 2.43. The highest BCUT2D eigenvalue weighted by Crippen LogP contribution is 2.26. The lowest BCUT2D eigenvalue weighted by Crippen LogP contribution is -2.62. The van der Waals surface area contributed by atoms with Crippen LogP contribution in [0.1, 0.15) is 20.3 Å². The quantitative estimate of drug-likeness (QED) is 0.855. The molecule has 98 valence electrons. The maximum atomic E-state index is 10.8. The van der Waals surface area contributed by atoms with Crippen molar-refractivity contribution in [1.82, 2.24) is 5.32 Å². The molecule has 1 aromatic rings. The summed E-state index contributed by atoms with van der Waals surface area (Å²) in [5.74, 6) is -0.750. The van der Waals surface area contributed by atoms with Crippen LogP contribution in [0.2, 0.25) is 0 Å². The normalized spacial score (nSPS) is 22.8. The predicted octanol–water partition coefficient (Wildman–Crippen LogP) is 1.72. The molecule has 4 nitrogen and oxygen atoms in total. The summed E-state index contributed by atoms with van der Waals surface area (Å²) in [5, 5.41) is 12.2. The molecule has 0 radical (unpaired) electrons. The first-order chi connectivity index (χ1) is 8.49. The first kappa shape index (κ1) is 12.9. The highest BCUT2D eigenvalue weighted by Gasteiger charge is 2.34. The smallest absolute Gasteiger partial charge is 0.304 e. The summed E-state index contributed by atoms with van der Waals surface area (Å²) >= 11 is 0. The Morgan fingerprint density at radius 3 is 2.72 bits per heavy atom. The van der Waals surface area contributed by atoms with Crippen LogP contribution in [0, 0.1) is 0 Å². The summed E-state index contributed by atoms with van der Waals surface area (Å²) in [6, 6.07) is 10.2. The number of benzene rings is 1. The second kappa shape index (κ2) is 4.98. The van der Waals surface area contributed by atoms with Gasteiger partial charge in [0, 0.05) is 30.4 Å². The number of piperazine rings is 1. The third kappa shape index (κ3) is 2.82. The summed E-state index contributed by atoms with van der Waals surface area (Å²) < 4.78 is 0. The lowest BCUT2D eigenvalue weighted by molar-refractivity contribution is -0.137. The second-order valence-corrected chi connectivity index (χ2v) is 5.43. The van der Waals surface area contributed by atoms with Gasteiger partial charge in [0.25, 0.3) is 0 Å². The van der Waals surface area contributed by atoms with Crippen LogP contribution in [0.3, 0.4) is 0 Å². The number of anilines is 1. The zero-order valence-corrected chi connectivity index (χ0v) is 10.9. The van der Waals surface area contributed by atoms with Gasteiger partial charge < -0.3 is 15.3 Å². The van der Waals surface area contributed by atoms with Gasteiger partial charge >= 0.3 is 5.97 Å². The van der Waals surface area contributed by atoms with E-state index in [2.05, 4.69) is 36.2 Å². The Morgan fingerprint density at radius 1 is 1.44 bits per heavy atom. The van der Waals surface area contributed by atoms with Crippen LogP contribution in [0.4, 0.5) is 5.69 Å². The maximum Gasteiger partial charge on any atom is 0.304 e. The molecule has 2 N–H and O–H groups in total. The molecule has 0 saturated carbocycles. The summed E-state index contributed by atoms with van der Waals surface area (Å²) in [5.41, 5.74) is 1.15. The van der Waals surface area contributed by atoms with Crippen molar-refractivity contribution < 1.29 is 9.90 Å². The van der Waals surface area contributed by atoms with E-state index in [0.717, 1.165) is 18.8 Å². The second-order valence-electron chi connectivity index (χ2n) is 5.43. The van der Waals surface area contributed by atoms with Crippen molar-refractivity contribution >= 4 is 11.7 Å². The zero-order chi connectivity index (χ0) is 13.2. The Balaban J connectivity index is 2.17. The number of hydrogen-bond donors (Lipinski definition) is 2. The molecule has 4 heteroatoms. The van der Waals surface area contributed by atoms with Crippen LogP contribution >= 0.6 is 0 Å². The van der Waals surface area contributed by atoms with E-state index in [9.17, 15) is 4.79 Å². The molecule has 0 aliphatic carbocycles. The molecular formula is C14H20N2O2. The van der Waals surface area contributed by atoms with Crippen LogP contribution < -0.4 is 10.2 Å². The average Bonchev–Trinajstić information content (AvgIpc) is 2.32. The first-order valence-electron chi connectivity index (χ1n) is 6.27. The highest BCUT2D eigenvalue weighted by atomic mass is 16.4. The number of nitrogens with one attached hydrogen (secondary N) is 1. The highest BCUT2D eigenvalue weighted by molar-refractivity contribution is 5.68. The molecule has 1 aliphatic rings. The minimum atomic E-state index is -0.750. The number of hydrogen-bond acceptors (Lipinski definition) is 3. The SMILES string of the molecule is CC1(C)CNC(CC(=O)O)CN1c1ccccc1. The average molecular weight is 248 g/mol. The number of nitrogens with zero attached hydrogens (tertiary/aromatic N) is 1. The number of carboxylic acid groups (broad SMARTS) is 1. The minimum absolute atomic E-state index is 0.00361. The molecule has 1 aliphatic heterocycles. The van der Waals surface area contributed by atoms with Gasteiger partial charge in [-0.25, -0.2) is 0 Å². The van der Waals surface area contributed by atoms with E-state index in [1.54, 1.807) is 0 Å². The number of rotatable bonds is 3. The first-order valence-corrected chi connectivity index (χ1v) is 6.27. The molecular weight excluding hydrogens is 228 g/mol. The fraction of sp³-hybridized carbons (Fsp3) is 0.500. The van der Waals surface area contributed by atoms with E-state index in [4.69, 9.17) is 5.11 Å². The van der Waals surface area contributed by atoms with Gasteiger partial charge in [-0.15, -0.1) is 0 Å². The van der Waals surface area contributed by atoms with E-state index >= 15 is 0 Å². The third-order valence-electron chi connectivity index (χ3n) is 3.45. The van der Waals surface area contributed by atoms with Gasteiger partial charge in [0.1, 0.15) is 0 Å². The van der Waals surface area contributed by atoms with Gasteiger partial charge in [-0.05, 0) is 26.0 Å². The van der Waals surface area contributed by atoms with E-state index in [-0.39, 0.29) is 18.0 Å². The van der Waals surface area contributed by atoms with Crippen LogP contribution in [-0.2, 0) is 4.79 Å². The predicted molar refractivity (Wildman–Crippen MR) is 71.9 cm³/mol. The molecule has 1 atom stereocenters. The Bertz CT molecular complexity index is 417. The number of para-hydroxylation sites is 1. The Morgan fingerprint density at radius 2 is 2.11 bits per heavy atom. The molecule has 0 aromatic heterocycles. The Kier molecular flexibility index (Phi) is 3.57. The Hall–Kier alpha value is -1.55. The monoisotopic (exact) mass is 248 g/mol. The van der Waals surface area contributed by atoms with Gasteiger partial charge in [0.2, 0.25) is 0 Å². The van der Waals surface area contributed by atoms with Crippen LogP contribution in [-0.4, -0.2) is 35.7 Å². The molecule has 1 unspecified atom stereocenters. The van der Waals surface area contributed by atoms with Crippen LogP contribution in [0.5, 0.6) is 0 Å². The van der Waals surface area contributed by atoms with Crippen molar-refractivity contribution in [2.45, 2.75) is 31.8 Å². The Labute approximate surface area is 108 Å². The number of carboxylic acids is 1. The third-order valence-corrected chi connectivity index (χ3v) is 3.45. The topological polar surface area (TPSA) is 52.6 Å². The van der Waals surface area contributed by atoms with Crippen molar-refractivity contribution in [1.29, 1.82) is 0 Å². The summed E-state index contributed by atoms with van der Waals surface area (Å²) in [7, 11) is 0. The summed E-state index contributed by atoms with van der Waals surface area (Å²) in [6.45, 7) is 5.86. The molecule has 0 spiro atoms. The molecule has 1 fully saturated rings. The molecule has 0 amide bonds. The minimum Gasteiger partial charge on any atom is -0.481 e. The lowest BCUT2D eigenvalue weighted by atomic mass is 9.95. The van der Waals surface area contributed by atoms with E-state index < -0.39 is 5.97 Å². The van der Waals surface area contributed by atoms with Crippen molar-refractivity contribution in [3.63, 3.8) is 0 Å². The summed E-state index contributed by atoms with van der Waals surface area (Å²) in [6.07, 6.45) is 0.166. The van der Waals surface area contributed by atoms with Crippen molar-refractivity contribution in [2.75, 3.05) is 18.0 Å². The number of carbonyl (C=O) groups is 1. The van der Waals surface area contributed by atoms with Crippen molar-refractivity contribution in [2.24, 2.45) is 0 Å². The van der Waals surface area contributed by atoms with E-state index in [1.165, 1.54) is 0 Å². The maximum absolute atomic E-state index is 10.8. The molecule has 18 heavy (non-hydrogen) atoms. The largest absolute Gasteiger partial charge is 0.481 e. The zero-order valence-electron chi connectivity index (χ0n) is 10.9.